The molecule has 6 heteroatoms. The highest BCUT2D eigenvalue weighted by Crippen LogP contribution is 2.26. The molecule has 0 bridgehead atoms. The van der Waals surface area contributed by atoms with Gasteiger partial charge in [-0.05, 0) is 42.3 Å². The van der Waals surface area contributed by atoms with Crippen LogP contribution in [0.4, 0.5) is 4.39 Å². The Kier molecular flexibility index (Phi) is 6.87. The van der Waals surface area contributed by atoms with Gasteiger partial charge in [0.25, 0.3) is 5.91 Å². The van der Waals surface area contributed by atoms with Crippen LogP contribution in [0.5, 0.6) is 0 Å². The zero-order chi connectivity index (χ0) is 20.8. The van der Waals surface area contributed by atoms with E-state index in [0.717, 1.165) is 37.2 Å². The summed E-state index contributed by atoms with van der Waals surface area (Å²) >= 11 is 1.70. The van der Waals surface area contributed by atoms with Gasteiger partial charge in [-0.15, -0.1) is 11.8 Å². The summed E-state index contributed by atoms with van der Waals surface area (Å²) in [6.07, 6.45) is 2.51. The van der Waals surface area contributed by atoms with E-state index in [1.54, 1.807) is 18.0 Å². The molecule has 1 aliphatic rings. The summed E-state index contributed by atoms with van der Waals surface area (Å²) in [6, 6.07) is 18.7. The van der Waals surface area contributed by atoms with Gasteiger partial charge >= 0.3 is 0 Å². The van der Waals surface area contributed by atoms with Gasteiger partial charge in [0.1, 0.15) is 5.82 Å². The van der Waals surface area contributed by atoms with Crippen molar-refractivity contribution >= 4 is 17.7 Å². The number of hydrogen-bond acceptors (Lipinski definition) is 4. The van der Waals surface area contributed by atoms with Crippen LogP contribution in [0.3, 0.4) is 0 Å². The van der Waals surface area contributed by atoms with E-state index in [1.807, 2.05) is 41.3 Å². The Balaban J connectivity index is 1.35. The van der Waals surface area contributed by atoms with Crippen molar-refractivity contribution in [1.82, 2.24) is 9.80 Å². The first kappa shape index (κ1) is 20.7. The minimum Gasteiger partial charge on any atom is -0.459 e. The lowest BCUT2D eigenvalue weighted by Gasteiger charge is -2.21. The van der Waals surface area contributed by atoms with Gasteiger partial charge in [0.15, 0.2) is 5.76 Å². The van der Waals surface area contributed by atoms with Crippen LogP contribution in [0.1, 0.15) is 28.1 Å². The number of hydrogen-bond donors (Lipinski definition) is 0. The summed E-state index contributed by atoms with van der Waals surface area (Å²) in [5.41, 5.74) is 2.02. The van der Waals surface area contributed by atoms with Gasteiger partial charge < -0.3 is 9.32 Å². The molecular formula is C24H25FN2O2S. The van der Waals surface area contributed by atoms with E-state index in [2.05, 4.69) is 17.0 Å². The van der Waals surface area contributed by atoms with Gasteiger partial charge in [-0.25, -0.2) is 4.39 Å². The third-order valence-electron chi connectivity index (χ3n) is 5.27. The molecule has 0 atom stereocenters. The monoisotopic (exact) mass is 424 g/mol. The molecule has 2 aromatic carbocycles. The minimum absolute atomic E-state index is 0.0349. The molecule has 1 fully saturated rings. The fourth-order valence-electron chi connectivity index (χ4n) is 3.64. The predicted octanol–water partition coefficient (Wildman–Crippen LogP) is 5.06. The smallest absolute Gasteiger partial charge is 0.289 e. The molecule has 156 valence electrons. The van der Waals surface area contributed by atoms with Gasteiger partial charge in [0.2, 0.25) is 0 Å². The number of furan rings is 1. The van der Waals surface area contributed by atoms with Crippen LogP contribution in [-0.4, -0.2) is 41.9 Å². The maximum atomic E-state index is 13.1. The number of nitrogens with zero attached hydrogens (tertiary/aromatic N) is 2. The van der Waals surface area contributed by atoms with Crippen molar-refractivity contribution in [2.24, 2.45) is 0 Å². The number of carbonyl (C=O) groups is 1. The second kappa shape index (κ2) is 9.96. The highest BCUT2D eigenvalue weighted by molar-refractivity contribution is 7.98. The number of thioether (sulfide) groups is 1. The summed E-state index contributed by atoms with van der Waals surface area (Å²) < 4.78 is 18.7. The van der Waals surface area contributed by atoms with Crippen molar-refractivity contribution in [3.63, 3.8) is 0 Å². The summed E-state index contributed by atoms with van der Waals surface area (Å²) in [6.45, 7) is 3.84. The maximum Gasteiger partial charge on any atom is 0.289 e. The van der Waals surface area contributed by atoms with Crippen molar-refractivity contribution in [2.45, 2.75) is 23.6 Å². The van der Waals surface area contributed by atoms with Crippen molar-refractivity contribution in [3.05, 3.63) is 89.6 Å². The number of benzene rings is 2. The minimum atomic E-state index is -0.217. The molecule has 30 heavy (non-hydrogen) atoms. The molecule has 4 rings (SSSR count). The quantitative estimate of drug-likeness (QED) is 0.519. The summed E-state index contributed by atoms with van der Waals surface area (Å²) in [7, 11) is 0. The van der Waals surface area contributed by atoms with Crippen LogP contribution in [0.25, 0.3) is 0 Å². The molecule has 1 aliphatic heterocycles. The highest BCUT2D eigenvalue weighted by Gasteiger charge is 2.24. The predicted molar refractivity (Wildman–Crippen MR) is 117 cm³/mol. The first-order chi connectivity index (χ1) is 14.7. The van der Waals surface area contributed by atoms with Crippen molar-refractivity contribution in [1.29, 1.82) is 0 Å². The molecule has 0 unspecified atom stereocenters. The molecule has 4 nitrogen and oxygen atoms in total. The molecule has 1 saturated heterocycles. The zero-order valence-corrected chi connectivity index (χ0v) is 17.6. The molecule has 0 N–H and O–H groups in total. The number of rotatable bonds is 6. The maximum absolute atomic E-state index is 13.1. The molecule has 2 heterocycles. The summed E-state index contributed by atoms with van der Waals surface area (Å²) in [5.74, 6) is 0.898. The van der Waals surface area contributed by atoms with Crippen LogP contribution in [0.15, 0.2) is 76.2 Å². The number of halogens is 1. The van der Waals surface area contributed by atoms with Crippen molar-refractivity contribution in [3.8, 4) is 0 Å². The molecule has 3 aromatic rings. The molecule has 1 amide bonds. The molecule has 0 radical (unpaired) electrons. The van der Waals surface area contributed by atoms with E-state index in [-0.39, 0.29) is 11.7 Å². The van der Waals surface area contributed by atoms with E-state index in [9.17, 15) is 9.18 Å². The Labute approximate surface area is 180 Å². The lowest BCUT2D eigenvalue weighted by Crippen LogP contribution is -2.35. The second-order valence-corrected chi connectivity index (χ2v) is 8.47. The van der Waals surface area contributed by atoms with Crippen LogP contribution < -0.4 is 0 Å². The fraction of sp³-hybridized carbons (Fsp3) is 0.292. The van der Waals surface area contributed by atoms with Crippen molar-refractivity contribution in [2.75, 3.05) is 26.2 Å². The van der Waals surface area contributed by atoms with E-state index < -0.39 is 0 Å². The van der Waals surface area contributed by atoms with Crippen LogP contribution >= 0.6 is 11.8 Å². The first-order valence-electron chi connectivity index (χ1n) is 10.2. The lowest BCUT2D eigenvalue weighted by atomic mass is 10.2. The average Bonchev–Trinajstić information content (AvgIpc) is 3.12. The Hall–Kier alpha value is -2.57. The largest absolute Gasteiger partial charge is 0.459 e. The van der Waals surface area contributed by atoms with E-state index in [4.69, 9.17) is 4.42 Å². The molecule has 0 spiro atoms. The highest BCUT2D eigenvalue weighted by atomic mass is 32.2. The second-order valence-electron chi connectivity index (χ2n) is 7.43. The third-order valence-corrected chi connectivity index (χ3v) is 6.33. The Morgan fingerprint density at radius 3 is 2.57 bits per heavy atom. The van der Waals surface area contributed by atoms with Gasteiger partial charge in [0.05, 0.1) is 6.26 Å². The van der Waals surface area contributed by atoms with Gasteiger partial charge in [-0.1, -0.05) is 30.3 Å². The number of amides is 1. The lowest BCUT2D eigenvalue weighted by molar-refractivity contribution is 0.0728. The Morgan fingerprint density at radius 1 is 0.967 bits per heavy atom. The van der Waals surface area contributed by atoms with E-state index in [0.29, 0.717) is 24.6 Å². The summed E-state index contributed by atoms with van der Waals surface area (Å²) in [4.78, 5) is 18.5. The van der Waals surface area contributed by atoms with Crippen LogP contribution in [0, 0.1) is 5.82 Å². The summed E-state index contributed by atoms with van der Waals surface area (Å²) in [5, 5.41) is 0. The fourth-order valence-corrected chi connectivity index (χ4v) is 4.54. The first-order valence-corrected chi connectivity index (χ1v) is 11.2. The normalized spacial score (nSPS) is 15.2. The van der Waals surface area contributed by atoms with E-state index >= 15 is 0 Å². The van der Waals surface area contributed by atoms with Crippen LogP contribution in [0.2, 0.25) is 0 Å². The zero-order valence-electron chi connectivity index (χ0n) is 16.8. The SMILES string of the molecule is O=C(c1occc1CSc1ccccc1)N1CCCN(Cc2ccc(F)cc2)CC1. The molecule has 1 aromatic heterocycles. The van der Waals surface area contributed by atoms with Gasteiger partial charge in [-0.3, -0.25) is 9.69 Å². The topological polar surface area (TPSA) is 36.7 Å². The third kappa shape index (κ3) is 5.32. The van der Waals surface area contributed by atoms with Crippen molar-refractivity contribution < 1.29 is 13.6 Å². The molecule has 0 aliphatic carbocycles. The molecule has 0 saturated carbocycles. The average molecular weight is 425 g/mol. The number of carbonyl (C=O) groups excluding carboxylic acids is 1. The van der Waals surface area contributed by atoms with E-state index in [1.165, 1.54) is 17.0 Å². The van der Waals surface area contributed by atoms with Crippen LogP contribution in [-0.2, 0) is 12.3 Å². The van der Waals surface area contributed by atoms with Gasteiger partial charge in [-0.2, -0.15) is 0 Å². The molecular weight excluding hydrogens is 399 g/mol. The standard InChI is InChI=1S/C24H25FN2O2S/c25-21-9-7-19(8-10-21)17-26-12-4-13-27(15-14-26)24(28)23-20(11-16-29-23)18-30-22-5-2-1-3-6-22/h1-3,5-11,16H,4,12-15,17-18H2. The Morgan fingerprint density at radius 2 is 1.77 bits per heavy atom. The Bertz CT molecular complexity index is 959. The van der Waals surface area contributed by atoms with Gasteiger partial charge in [0, 0.05) is 48.9 Å².